The van der Waals surface area contributed by atoms with E-state index in [-0.39, 0.29) is 0 Å². The van der Waals surface area contributed by atoms with E-state index >= 15 is 0 Å². The number of aromatic nitrogens is 4. The van der Waals surface area contributed by atoms with Crippen LogP contribution < -0.4 is 11.1 Å². The van der Waals surface area contributed by atoms with Gasteiger partial charge in [0.1, 0.15) is 11.3 Å². The highest BCUT2D eigenvalue weighted by Crippen LogP contribution is 2.34. The second-order valence-electron chi connectivity index (χ2n) is 9.51. The van der Waals surface area contributed by atoms with E-state index in [2.05, 4.69) is 70.9 Å². The molecule has 7 heteroatoms. The van der Waals surface area contributed by atoms with E-state index in [4.69, 9.17) is 10.7 Å². The van der Waals surface area contributed by atoms with Crippen LogP contribution in [0.5, 0.6) is 0 Å². The Hall–Kier alpha value is -4.41. The van der Waals surface area contributed by atoms with Crippen LogP contribution in [0.4, 0.5) is 11.4 Å². The van der Waals surface area contributed by atoms with Crippen molar-refractivity contribution in [3.05, 3.63) is 89.7 Å². The van der Waals surface area contributed by atoms with Gasteiger partial charge in [0.2, 0.25) is 0 Å². The van der Waals surface area contributed by atoms with Crippen molar-refractivity contribution in [2.75, 3.05) is 11.1 Å². The van der Waals surface area contributed by atoms with Gasteiger partial charge in [-0.25, -0.2) is 4.98 Å². The monoisotopic (exact) mass is 518 g/mol. The lowest BCUT2D eigenvalue weighted by Gasteiger charge is -2.28. The number of hydrogen-bond acceptors (Lipinski definition) is 6. The van der Waals surface area contributed by atoms with Gasteiger partial charge in [-0.2, -0.15) is 0 Å². The molecule has 190 valence electrons. The van der Waals surface area contributed by atoms with Crippen LogP contribution in [0.15, 0.2) is 73.5 Å². The third kappa shape index (κ3) is 5.17. The molecule has 1 aromatic carbocycles. The number of pyridine rings is 2. The van der Waals surface area contributed by atoms with E-state index in [1.54, 1.807) is 11.3 Å². The van der Waals surface area contributed by atoms with E-state index in [1.807, 2.05) is 36.9 Å². The van der Waals surface area contributed by atoms with Crippen molar-refractivity contribution >= 4 is 33.7 Å². The molecule has 6 rings (SSSR count). The number of nitrogens with two attached hydrogens (primary N) is 1. The smallest absolute Gasteiger partial charge is 0.111 e. The van der Waals surface area contributed by atoms with Gasteiger partial charge >= 0.3 is 0 Å². The van der Waals surface area contributed by atoms with Gasteiger partial charge in [0, 0.05) is 51.1 Å². The molecule has 0 unspecified atom stereocenters. The summed E-state index contributed by atoms with van der Waals surface area (Å²) < 4.78 is 0. The first-order valence-corrected chi connectivity index (χ1v) is 13.4. The molecule has 4 aromatic heterocycles. The van der Waals surface area contributed by atoms with Crippen molar-refractivity contribution in [2.45, 2.75) is 32.6 Å². The number of rotatable bonds is 7. The van der Waals surface area contributed by atoms with Crippen LogP contribution in [-0.2, 0) is 6.42 Å². The first kappa shape index (κ1) is 25.2. The zero-order valence-electron chi connectivity index (χ0n) is 21.4. The molecule has 1 saturated carbocycles. The number of aromatic amines is 1. The second-order valence-corrected chi connectivity index (χ2v) is 10.8. The maximum Gasteiger partial charge on any atom is 0.111 e. The molecule has 0 amide bonds. The molecule has 0 spiro atoms. The van der Waals surface area contributed by atoms with E-state index in [0.717, 1.165) is 56.2 Å². The molecule has 1 aliphatic rings. The van der Waals surface area contributed by atoms with Gasteiger partial charge in [0.05, 0.1) is 23.6 Å². The Labute approximate surface area is 227 Å². The first-order valence-electron chi connectivity index (χ1n) is 12.6. The van der Waals surface area contributed by atoms with E-state index in [0.29, 0.717) is 12.3 Å². The Bertz CT molecular complexity index is 1620. The Balaban J connectivity index is 0.00000144. The van der Waals surface area contributed by atoms with Crippen molar-refractivity contribution in [2.24, 2.45) is 5.92 Å². The SMILES string of the molecule is C#C.C=C(Nc1cncc(-c2ccc(N)c(Cc3nc4c(-c5ccc(C)s5)cncc4[nH]3)c2)c1)C1CCC1. The van der Waals surface area contributed by atoms with Crippen molar-refractivity contribution in [3.63, 3.8) is 0 Å². The molecule has 5 aromatic rings. The molecule has 1 aliphatic carbocycles. The Morgan fingerprint density at radius 2 is 1.89 bits per heavy atom. The molecule has 0 saturated heterocycles. The summed E-state index contributed by atoms with van der Waals surface area (Å²) in [5.74, 6) is 1.43. The molecule has 1 fully saturated rings. The summed E-state index contributed by atoms with van der Waals surface area (Å²) in [6.45, 7) is 6.33. The Kier molecular flexibility index (Phi) is 7.25. The largest absolute Gasteiger partial charge is 0.398 e. The lowest BCUT2D eigenvalue weighted by atomic mass is 9.83. The highest BCUT2D eigenvalue weighted by molar-refractivity contribution is 7.15. The number of nitrogens with one attached hydrogen (secondary N) is 2. The summed E-state index contributed by atoms with van der Waals surface area (Å²) in [6, 6.07) is 12.5. The maximum absolute atomic E-state index is 6.39. The molecule has 4 heterocycles. The Morgan fingerprint density at radius 3 is 2.63 bits per heavy atom. The van der Waals surface area contributed by atoms with Crippen LogP contribution in [0.25, 0.3) is 32.6 Å². The fourth-order valence-corrected chi connectivity index (χ4v) is 5.53. The van der Waals surface area contributed by atoms with Gasteiger partial charge in [-0.15, -0.1) is 24.2 Å². The summed E-state index contributed by atoms with van der Waals surface area (Å²) in [4.78, 5) is 19.7. The van der Waals surface area contributed by atoms with Crippen LogP contribution >= 0.6 is 11.3 Å². The van der Waals surface area contributed by atoms with E-state index in [1.165, 1.54) is 29.0 Å². The number of benzene rings is 1. The standard InChI is InChI=1S/C29H28N6S.C2H2/c1-17-6-9-27(36-17)24-15-32-16-26-29(24)35-28(34-26)12-21-10-20(7-8-25(21)30)22-11-23(14-31-13-22)33-18(2)19-4-3-5-19;1-2/h6-11,13-16,19,33H,2-5,12,30H2,1H3,(H,34,35);1-2H. The van der Waals surface area contributed by atoms with Crippen LogP contribution in [0.1, 0.15) is 35.5 Å². The molecule has 38 heavy (non-hydrogen) atoms. The number of allylic oxidation sites excluding steroid dienone is 1. The zero-order chi connectivity index (χ0) is 26.6. The van der Waals surface area contributed by atoms with Crippen molar-refractivity contribution < 1.29 is 0 Å². The predicted molar refractivity (Wildman–Crippen MR) is 159 cm³/mol. The van der Waals surface area contributed by atoms with Gasteiger partial charge in [0.15, 0.2) is 0 Å². The van der Waals surface area contributed by atoms with Crippen LogP contribution in [-0.4, -0.2) is 19.9 Å². The Morgan fingerprint density at radius 1 is 1.08 bits per heavy atom. The number of anilines is 2. The van der Waals surface area contributed by atoms with Crippen LogP contribution in [0.3, 0.4) is 0 Å². The lowest BCUT2D eigenvalue weighted by molar-refractivity contribution is 0.371. The molecule has 6 nitrogen and oxygen atoms in total. The number of thiophene rings is 1. The third-order valence-electron chi connectivity index (χ3n) is 6.92. The number of H-pyrrole nitrogens is 1. The maximum atomic E-state index is 6.39. The molecule has 0 aliphatic heterocycles. The van der Waals surface area contributed by atoms with Gasteiger partial charge < -0.3 is 16.0 Å². The number of nitrogens with zero attached hydrogens (tertiary/aromatic N) is 3. The molecule has 0 radical (unpaired) electrons. The number of hydrogen-bond donors (Lipinski definition) is 3. The third-order valence-corrected chi connectivity index (χ3v) is 7.96. The van der Waals surface area contributed by atoms with E-state index in [9.17, 15) is 0 Å². The topological polar surface area (TPSA) is 92.5 Å². The molecule has 0 atom stereocenters. The summed E-state index contributed by atoms with van der Waals surface area (Å²) in [7, 11) is 0. The number of terminal acetylenes is 1. The molecule has 0 bridgehead atoms. The highest BCUT2D eigenvalue weighted by atomic mass is 32.1. The fraction of sp³-hybridized carbons (Fsp3) is 0.194. The molecular formula is C31H30N6S. The average Bonchev–Trinajstić information content (AvgIpc) is 3.51. The molecular weight excluding hydrogens is 488 g/mol. The minimum atomic E-state index is 0.570. The summed E-state index contributed by atoms with van der Waals surface area (Å²) in [6.07, 6.45) is 19.8. The zero-order valence-corrected chi connectivity index (χ0v) is 22.2. The number of fused-ring (bicyclic) bond motifs is 1. The van der Waals surface area contributed by atoms with Gasteiger partial charge in [-0.3, -0.25) is 9.97 Å². The average molecular weight is 519 g/mol. The highest BCUT2D eigenvalue weighted by Gasteiger charge is 2.20. The van der Waals surface area contributed by atoms with Crippen molar-refractivity contribution in [1.82, 2.24) is 19.9 Å². The second kappa shape index (κ2) is 10.9. The van der Waals surface area contributed by atoms with Gasteiger partial charge in [-0.05, 0) is 67.1 Å². The fourth-order valence-electron chi connectivity index (χ4n) is 4.66. The summed E-state index contributed by atoms with van der Waals surface area (Å²) in [5, 5.41) is 3.45. The van der Waals surface area contributed by atoms with Crippen molar-refractivity contribution in [3.8, 4) is 34.4 Å². The van der Waals surface area contributed by atoms with Gasteiger partial charge in [0.25, 0.3) is 0 Å². The minimum Gasteiger partial charge on any atom is -0.398 e. The van der Waals surface area contributed by atoms with Crippen LogP contribution in [0, 0.1) is 25.7 Å². The first-order chi connectivity index (χ1) is 18.5. The van der Waals surface area contributed by atoms with E-state index < -0.39 is 0 Å². The normalized spacial score (nSPS) is 12.9. The predicted octanol–water partition coefficient (Wildman–Crippen LogP) is 7.20. The molecule has 4 N–H and O–H groups in total. The number of aryl methyl sites for hydroxylation is 1. The minimum absolute atomic E-state index is 0.570. The number of imidazole rings is 1. The lowest BCUT2D eigenvalue weighted by Crippen LogP contribution is -2.18. The number of nitrogen functional groups attached to an aromatic ring is 1. The summed E-state index contributed by atoms with van der Waals surface area (Å²) >= 11 is 1.75. The quantitative estimate of drug-likeness (QED) is 0.156. The van der Waals surface area contributed by atoms with Crippen LogP contribution in [0.2, 0.25) is 0 Å². The van der Waals surface area contributed by atoms with Crippen molar-refractivity contribution in [1.29, 1.82) is 0 Å². The summed E-state index contributed by atoms with van der Waals surface area (Å²) in [5.41, 5.74) is 15.2. The van der Waals surface area contributed by atoms with Gasteiger partial charge in [-0.1, -0.05) is 19.1 Å².